The number of halogens is 1. The normalized spacial score (nSPS) is 22.4. The number of ether oxygens (including phenoxy) is 1. The van der Waals surface area contributed by atoms with Gasteiger partial charge in [-0.25, -0.2) is 13.1 Å². The van der Waals surface area contributed by atoms with Gasteiger partial charge in [0.05, 0.1) is 22.1 Å². The van der Waals surface area contributed by atoms with Gasteiger partial charge in [0, 0.05) is 32.3 Å². The molecule has 2 N–H and O–H groups in total. The van der Waals surface area contributed by atoms with Crippen molar-refractivity contribution in [3.63, 3.8) is 0 Å². The number of hydrogen-bond acceptors (Lipinski definition) is 6. The van der Waals surface area contributed by atoms with Gasteiger partial charge in [0.1, 0.15) is 4.90 Å². The SMILES string of the molecule is CO[C@H]1CNCC1NS(=O)(=O)c1cc([N+](=O)[O-])ccc1Cl. The molecular formula is C11H14ClN3O5S. The quantitative estimate of drug-likeness (QED) is 0.599. The zero-order valence-corrected chi connectivity index (χ0v) is 12.6. The van der Waals surface area contributed by atoms with E-state index in [0.717, 1.165) is 12.1 Å². The average Bonchev–Trinajstić information content (AvgIpc) is 2.85. The molecule has 0 aliphatic carbocycles. The smallest absolute Gasteiger partial charge is 0.270 e. The topological polar surface area (TPSA) is 111 Å². The van der Waals surface area contributed by atoms with Gasteiger partial charge in [0.25, 0.3) is 5.69 Å². The summed E-state index contributed by atoms with van der Waals surface area (Å²) in [5, 5.41) is 13.7. The summed E-state index contributed by atoms with van der Waals surface area (Å²) in [5.41, 5.74) is -0.340. The number of benzene rings is 1. The van der Waals surface area contributed by atoms with E-state index < -0.39 is 21.0 Å². The number of nitro groups is 1. The third-order valence-electron chi connectivity index (χ3n) is 3.18. The number of hydrogen-bond donors (Lipinski definition) is 2. The molecule has 1 aliphatic rings. The lowest BCUT2D eigenvalue weighted by Gasteiger charge is -2.18. The maximum atomic E-state index is 12.3. The van der Waals surface area contributed by atoms with E-state index in [1.807, 2.05) is 0 Å². The van der Waals surface area contributed by atoms with E-state index in [-0.39, 0.29) is 21.7 Å². The van der Waals surface area contributed by atoms with Crippen LogP contribution in [-0.4, -0.2) is 45.7 Å². The maximum Gasteiger partial charge on any atom is 0.270 e. The van der Waals surface area contributed by atoms with Crippen LogP contribution in [0, 0.1) is 10.1 Å². The molecule has 0 bridgehead atoms. The summed E-state index contributed by atoms with van der Waals surface area (Å²) in [4.78, 5) is 9.76. The number of nitrogens with zero attached hydrogens (tertiary/aromatic N) is 1. The minimum Gasteiger partial charge on any atom is -0.378 e. The first kappa shape index (κ1) is 16.1. The van der Waals surface area contributed by atoms with Crippen molar-refractivity contribution in [2.24, 2.45) is 0 Å². The number of non-ortho nitro benzene ring substituents is 1. The lowest BCUT2D eigenvalue weighted by molar-refractivity contribution is -0.385. The fraction of sp³-hybridized carbons (Fsp3) is 0.455. The van der Waals surface area contributed by atoms with Gasteiger partial charge in [-0.15, -0.1) is 0 Å². The lowest BCUT2D eigenvalue weighted by atomic mass is 10.2. The van der Waals surface area contributed by atoms with Crippen molar-refractivity contribution >= 4 is 27.3 Å². The molecular weight excluding hydrogens is 322 g/mol. The van der Waals surface area contributed by atoms with Gasteiger partial charge < -0.3 is 10.1 Å². The molecule has 10 heteroatoms. The van der Waals surface area contributed by atoms with Crippen LogP contribution >= 0.6 is 11.6 Å². The van der Waals surface area contributed by atoms with Crippen LogP contribution < -0.4 is 10.0 Å². The highest BCUT2D eigenvalue weighted by Crippen LogP contribution is 2.26. The fourth-order valence-electron chi connectivity index (χ4n) is 2.09. The van der Waals surface area contributed by atoms with Gasteiger partial charge in [-0.2, -0.15) is 0 Å². The molecule has 116 valence electrons. The highest BCUT2D eigenvalue weighted by Gasteiger charge is 2.32. The van der Waals surface area contributed by atoms with Crippen LogP contribution in [0.4, 0.5) is 5.69 Å². The van der Waals surface area contributed by atoms with Gasteiger partial charge in [0.2, 0.25) is 10.0 Å². The van der Waals surface area contributed by atoms with Gasteiger partial charge in [-0.05, 0) is 6.07 Å². The van der Waals surface area contributed by atoms with E-state index in [2.05, 4.69) is 10.0 Å². The zero-order valence-electron chi connectivity index (χ0n) is 11.1. The molecule has 1 fully saturated rings. The monoisotopic (exact) mass is 335 g/mol. The average molecular weight is 336 g/mol. The Balaban J connectivity index is 2.31. The van der Waals surface area contributed by atoms with Crippen LogP contribution in [-0.2, 0) is 14.8 Å². The molecule has 1 heterocycles. The largest absolute Gasteiger partial charge is 0.378 e. The number of nitro benzene ring substituents is 1. The van der Waals surface area contributed by atoms with Crippen molar-refractivity contribution in [3.05, 3.63) is 33.3 Å². The van der Waals surface area contributed by atoms with E-state index in [1.165, 1.54) is 13.2 Å². The van der Waals surface area contributed by atoms with Crippen molar-refractivity contribution in [2.75, 3.05) is 20.2 Å². The molecule has 0 saturated carbocycles. The molecule has 0 radical (unpaired) electrons. The minimum atomic E-state index is -3.98. The highest BCUT2D eigenvalue weighted by atomic mass is 35.5. The Morgan fingerprint density at radius 1 is 1.48 bits per heavy atom. The zero-order chi connectivity index (χ0) is 15.6. The molecule has 2 atom stereocenters. The number of methoxy groups -OCH3 is 1. The van der Waals surface area contributed by atoms with Crippen molar-refractivity contribution in [1.82, 2.24) is 10.0 Å². The predicted molar refractivity (Wildman–Crippen MR) is 75.9 cm³/mol. The van der Waals surface area contributed by atoms with E-state index in [4.69, 9.17) is 16.3 Å². The summed E-state index contributed by atoms with van der Waals surface area (Å²) < 4.78 is 32.3. The van der Waals surface area contributed by atoms with Crippen LogP contribution in [0.25, 0.3) is 0 Å². The second kappa shape index (κ2) is 6.24. The van der Waals surface area contributed by atoms with Crippen LogP contribution in [0.5, 0.6) is 0 Å². The van der Waals surface area contributed by atoms with Crippen LogP contribution in [0.1, 0.15) is 0 Å². The second-order valence-electron chi connectivity index (χ2n) is 4.53. The molecule has 1 saturated heterocycles. The molecule has 21 heavy (non-hydrogen) atoms. The number of rotatable bonds is 5. The van der Waals surface area contributed by atoms with Crippen LogP contribution in [0.2, 0.25) is 5.02 Å². The summed E-state index contributed by atoms with van der Waals surface area (Å²) in [5.74, 6) is 0. The number of sulfonamides is 1. The van der Waals surface area contributed by atoms with Gasteiger partial charge in [-0.1, -0.05) is 11.6 Å². The molecule has 0 amide bonds. The fourth-order valence-corrected chi connectivity index (χ4v) is 3.88. The molecule has 1 unspecified atom stereocenters. The summed E-state index contributed by atoms with van der Waals surface area (Å²) in [6.07, 6.45) is -0.308. The maximum absolute atomic E-state index is 12.3. The van der Waals surface area contributed by atoms with Crippen molar-refractivity contribution < 1.29 is 18.1 Å². The van der Waals surface area contributed by atoms with Crippen molar-refractivity contribution in [1.29, 1.82) is 0 Å². The van der Waals surface area contributed by atoms with E-state index in [9.17, 15) is 18.5 Å². The van der Waals surface area contributed by atoms with Crippen molar-refractivity contribution in [2.45, 2.75) is 17.0 Å². The Bertz CT molecular complexity index is 651. The van der Waals surface area contributed by atoms with E-state index in [0.29, 0.717) is 13.1 Å². The molecule has 1 aliphatic heterocycles. The summed E-state index contributed by atoms with van der Waals surface area (Å²) in [7, 11) is -2.49. The third kappa shape index (κ3) is 3.50. The van der Waals surface area contributed by atoms with Crippen LogP contribution in [0.3, 0.4) is 0 Å². The Hall–Kier alpha value is -1.26. The molecule has 0 spiro atoms. The summed E-state index contributed by atoms with van der Waals surface area (Å²) >= 11 is 5.85. The van der Waals surface area contributed by atoms with Gasteiger partial charge in [0.15, 0.2) is 0 Å². The second-order valence-corrected chi connectivity index (χ2v) is 6.62. The lowest BCUT2D eigenvalue weighted by Crippen LogP contribution is -2.43. The summed E-state index contributed by atoms with van der Waals surface area (Å²) in [6.45, 7) is 0.927. The predicted octanol–water partition coefficient (Wildman–Crippen LogP) is 0.513. The van der Waals surface area contributed by atoms with E-state index >= 15 is 0 Å². The minimum absolute atomic E-state index is 0.0759. The van der Waals surface area contributed by atoms with Gasteiger partial charge >= 0.3 is 0 Å². The Kier molecular flexibility index (Phi) is 4.79. The standard InChI is InChI=1S/C11H14ClN3O5S/c1-20-10-6-13-5-9(10)14-21(18,19)11-4-7(15(16)17)2-3-8(11)12/h2-4,9-10,13-14H,5-6H2,1H3/t9?,10-/m0/s1. The highest BCUT2D eigenvalue weighted by molar-refractivity contribution is 7.89. The Morgan fingerprint density at radius 3 is 2.81 bits per heavy atom. The molecule has 8 nitrogen and oxygen atoms in total. The number of nitrogens with one attached hydrogen (secondary N) is 2. The third-order valence-corrected chi connectivity index (χ3v) is 5.15. The Labute approximate surface area is 126 Å². The first-order valence-corrected chi connectivity index (χ1v) is 7.91. The van der Waals surface area contributed by atoms with Crippen molar-refractivity contribution in [3.8, 4) is 0 Å². The van der Waals surface area contributed by atoms with E-state index in [1.54, 1.807) is 0 Å². The summed E-state index contributed by atoms with van der Waals surface area (Å²) in [6, 6.07) is 2.82. The van der Waals surface area contributed by atoms with Gasteiger partial charge in [-0.3, -0.25) is 10.1 Å². The van der Waals surface area contributed by atoms with Crippen LogP contribution in [0.15, 0.2) is 23.1 Å². The molecule has 1 aromatic rings. The molecule has 2 rings (SSSR count). The first-order chi connectivity index (χ1) is 9.85. The molecule has 1 aromatic carbocycles. The first-order valence-electron chi connectivity index (χ1n) is 6.05. The Morgan fingerprint density at radius 2 is 2.19 bits per heavy atom. The molecule has 0 aromatic heterocycles.